The molecule has 35 heavy (non-hydrogen) atoms. The first-order chi connectivity index (χ1) is 17.0. The second-order valence-corrected chi connectivity index (χ2v) is 10.4. The first-order valence-corrected chi connectivity index (χ1v) is 13.1. The molecule has 0 bridgehead atoms. The van der Waals surface area contributed by atoms with Crippen molar-refractivity contribution in [2.75, 3.05) is 0 Å². The minimum absolute atomic E-state index is 0.252. The van der Waals surface area contributed by atoms with E-state index >= 15 is 0 Å². The third-order valence-corrected chi connectivity index (χ3v) is 7.69. The molecule has 5 rings (SSSR count). The van der Waals surface area contributed by atoms with Gasteiger partial charge in [-0.05, 0) is 54.3 Å². The summed E-state index contributed by atoms with van der Waals surface area (Å²) in [7, 11) is -3.72. The van der Waals surface area contributed by atoms with Crippen LogP contribution in [0.1, 0.15) is 28.6 Å². The number of nitrogens with zero attached hydrogens (tertiary/aromatic N) is 2. The predicted molar refractivity (Wildman–Crippen MR) is 140 cm³/mol. The standard InChI is InChI=1S/C29H27N3O2S/c1-22-30-27-14-8-9-15-29(27)32(22)21-24-16-18-26(19-17-24)35(33,34)31-28(25-12-6-3-7-13-25)20-23-10-4-2-5-11-23/h2-19,28,31H,20-21H2,1H3. The van der Waals surface area contributed by atoms with E-state index in [2.05, 4.69) is 20.3 Å². The Kier molecular flexibility index (Phi) is 6.49. The van der Waals surface area contributed by atoms with Crippen LogP contribution in [0.5, 0.6) is 0 Å². The summed E-state index contributed by atoms with van der Waals surface area (Å²) in [5.41, 5.74) is 5.04. The van der Waals surface area contributed by atoms with Crippen LogP contribution in [0.25, 0.3) is 11.0 Å². The van der Waals surface area contributed by atoms with Gasteiger partial charge in [0, 0.05) is 6.54 Å². The first-order valence-electron chi connectivity index (χ1n) is 11.6. The van der Waals surface area contributed by atoms with E-state index in [-0.39, 0.29) is 10.9 Å². The molecule has 0 saturated heterocycles. The van der Waals surface area contributed by atoms with Crippen molar-refractivity contribution < 1.29 is 8.42 Å². The Hall–Kier alpha value is -3.74. The number of aromatic nitrogens is 2. The number of aryl methyl sites for hydroxylation is 1. The van der Waals surface area contributed by atoms with Gasteiger partial charge in [0.05, 0.1) is 22.0 Å². The van der Waals surface area contributed by atoms with Gasteiger partial charge in [-0.25, -0.2) is 18.1 Å². The average Bonchev–Trinajstić information content (AvgIpc) is 3.20. The Bertz CT molecular complexity index is 1530. The smallest absolute Gasteiger partial charge is 0.241 e. The van der Waals surface area contributed by atoms with Gasteiger partial charge in [0.1, 0.15) is 5.82 Å². The molecule has 0 amide bonds. The third kappa shape index (κ3) is 5.19. The molecule has 0 aliphatic carbocycles. The van der Waals surface area contributed by atoms with Gasteiger partial charge in [-0.15, -0.1) is 0 Å². The summed E-state index contributed by atoms with van der Waals surface area (Å²) < 4.78 is 31.7. The lowest BCUT2D eigenvalue weighted by atomic mass is 10.00. The van der Waals surface area contributed by atoms with Gasteiger partial charge in [0.2, 0.25) is 10.0 Å². The zero-order chi connectivity index (χ0) is 24.3. The van der Waals surface area contributed by atoms with Crippen molar-refractivity contribution in [2.45, 2.75) is 30.8 Å². The molecule has 1 N–H and O–H groups in total. The Morgan fingerprint density at radius 2 is 1.40 bits per heavy atom. The molecule has 1 atom stereocenters. The van der Waals surface area contributed by atoms with Gasteiger partial charge in [-0.2, -0.15) is 0 Å². The highest BCUT2D eigenvalue weighted by atomic mass is 32.2. The van der Waals surface area contributed by atoms with Crippen LogP contribution in [0.2, 0.25) is 0 Å². The number of benzene rings is 4. The maximum absolute atomic E-state index is 13.3. The van der Waals surface area contributed by atoms with Crippen molar-refractivity contribution >= 4 is 21.1 Å². The molecule has 1 aromatic heterocycles. The second kappa shape index (κ2) is 9.86. The van der Waals surface area contributed by atoms with Crippen LogP contribution < -0.4 is 4.72 Å². The highest BCUT2D eigenvalue weighted by Gasteiger charge is 2.22. The predicted octanol–water partition coefficient (Wildman–Crippen LogP) is 5.66. The van der Waals surface area contributed by atoms with Crippen LogP contribution >= 0.6 is 0 Å². The van der Waals surface area contributed by atoms with Crippen LogP contribution in [-0.4, -0.2) is 18.0 Å². The monoisotopic (exact) mass is 481 g/mol. The normalized spacial score (nSPS) is 12.6. The fourth-order valence-electron chi connectivity index (χ4n) is 4.37. The van der Waals surface area contributed by atoms with Crippen molar-refractivity contribution in [3.8, 4) is 0 Å². The molecule has 0 spiro atoms. The van der Waals surface area contributed by atoms with E-state index in [9.17, 15) is 8.42 Å². The zero-order valence-electron chi connectivity index (χ0n) is 19.5. The van der Waals surface area contributed by atoms with Crippen molar-refractivity contribution in [3.63, 3.8) is 0 Å². The molecule has 1 heterocycles. The van der Waals surface area contributed by atoms with Crippen molar-refractivity contribution in [2.24, 2.45) is 0 Å². The molecule has 6 heteroatoms. The third-order valence-electron chi connectivity index (χ3n) is 6.20. The molecule has 176 valence electrons. The minimum Gasteiger partial charge on any atom is -0.324 e. The van der Waals surface area contributed by atoms with Gasteiger partial charge in [-0.3, -0.25) is 0 Å². The average molecular weight is 482 g/mol. The van der Waals surface area contributed by atoms with E-state index in [1.165, 1.54) is 0 Å². The molecular weight excluding hydrogens is 454 g/mol. The van der Waals surface area contributed by atoms with Gasteiger partial charge in [0.25, 0.3) is 0 Å². The van der Waals surface area contributed by atoms with Crippen molar-refractivity contribution in [1.82, 2.24) is 14.3 Å². The van der Waals surface area contributed by atoms with E-state index in [1.54, 1.807) is 12.1 Å². The Morgan fingerprint density at radius 1 is 0.771 bits per heavy atom. The van der Waals surface area contributed by atoms with Crippen LogP contribution in [0.15, 0.2) is 114 Å². The number of imidazole rings is 1. The molecule has 1 unspecified atom stereocenters. The van der Waals surface area contributed by atoms with Crippen molar-refractivity contribution in [1.29, 1.82) is 0 Å². The Morgan fingerprint density at radius 3 is 2.11 bits per heavy atom. The van der Waals surface area contributed by atoms with E-state index in [1.807, 2.05) is 97.9 Å². The minimum atomic E-state index is -3.72. The van der Waals surface area contributed by atoms with Gasteiger partial charge >= 0.3 is 0 Å². The maximum atomic E-state index is 13.3. The summed E-state index contributed by atoms with van der Waals surface area (Å²) >= 11 is 0. The quantitative estimate of drug-likeness (QED) is 0.311. The summed E-state index contributed by atoms with van der Waals surface area (Å²) in [6.45, 7) is 2.61. The Labute approximate surface area is 206 Å². The highest BCUT2D eigenvalue weighted by Crippen LogP contribution is 2.23. The van der Waals surface area contributed by atoms with Crippen molar-refractivity contribution in [3.05, 3.63) is 132 Å². The summed E-state index contributed by atoms with van der Waals surface area (Å²) in [4.78, 5) is 4.87. The first kappa shape index (κ1) is 23.0. The summed E-state index contributed by atoms with van der Waals surface area (Å²) in [5.74, 6) is 0.927. The summed E-state index contributed by atoms with van der Waals surface area (Å²) in [6.07, 6.45) is 0.565. The van der Waals surface area contributed by atoms with E-state index in [0.717, 1.165) is 33.5 Å². The molecule has 5 aromatic rings. The van der Waals surface area contributed by atoms with E-state index < -0.39 is 10.0 Å². The van der Waals surface area contributed by atoms with Gasteiger partial charge < -0.3 is 4.57 Å². The number of sulfonamides is 1. The van der Waals surface area contributed by atoms with Gasteiger partial charge in [-0.1, -0.05) is 84.9 Å². The molecule has 5 nitrogen and oxygen atoms in total. The lowest BCUT2D eigenvalue weighted by Gasteiger charge is -2.20. The molecular formula is C29H27N3O2S. The van der Waals surface area contributed by atoms with Crippen LogP contribution in [0.3, 0.4) is 0 Å². The molecule has 0 aliphatic heterocycles. The fraction of sp³-hybridized carbons (Fsp3) is 0.138. The number of hydrogen-bond acceptors (Lipinski definition) is 3. The topological polar surface area (TPSA) is 64.0 Å². The lowest BCUT2D eigenvalue weighted by Crippen LogP contribution is -2.30. The number of para-hydroxylation sites is 2. The fourth-order valence-corrected chi connectivity index (χ4v) is 5.59. The largest absolute Gasteiger partial charge is 0.324 e. The number of fused-ring (bicyclic) bond motifs is 1. The van der Waals surface area contributed by atoms with Crippen LogP contribution in [0.4, 0.5) is 0 Å². The van der Waals surface area contributed by atoms with E-state index in [0.29, 0.717) is 13.0 Å². The van der Waals surface area contributed by atoms with Crippen LogP contribution in [0, 0.1) is 6.92 Å². The van der Waals surface area contributed by atoms with E-state index in [4.69, 9.17) is 0 Å². The molecule has 0 aliphatic rings. The zero-order valence-corrected chi connectivity index (χ0v) is 20.3. The lowest BCUT2D eigenvalue weighted by molar-refractivity contribution is 0.554. The summed E-state index contributed by atoms with van der Waals surface area (Å²) in [6, 6.07) is 34.4. The second-order valence-electron chi connectivity index (χ2n) is 8.65. The highest BCUT2D eigenvalue weighted by molar-refractivity contribution is 7.89. The maximum Gasteiger partial charge on any atom is 0.241 e. The Balaban J connectivity index is 1.38. The summed E-state index contributed by atoms with van der Waals surface area (Å²) in [5, 5.41) is 0. The van der Waals surface area contributed by atoms with Crippen LogP contribution in [-0.2, 0) is 23.0 Å². The number of hydrogen-bond donors (Lipinski definition) is 1. The molecule has 0 radical (unpaired) electrons. The molecule has 4 aromatic carbocycles. The van der Waals surface area contributed by atoms with Gasteiger partial charge in [0.15, 0.2) is 0 Å². The SMILES string of the molecule is Cc1nc2ccccc2n1Cc1ccc(S(=O)(=O)NC(Cc2ccccc2)c2ccccc2)cc1. The molecule has 0 saturated carbocycles. The molecule has 0 fully saturated rings. The number of rotatable bonds is 8. The number of nitrogens with one attached hydrogen (secondary N) is 1.